The molecule has 3 aliphatic rings. The summed E-state index contributed by atoms with van der Waals surface area (Å²) in [5.41, 5.74) is 0.429. The first-order valence-corrected chi connectivity index (χ1v) is 10.4. The zero-order chi connectivity index (χ0) is 21.3. The van der Waals surface area contributed by atoms with Crippen LogP contribution < -0.4 is 15.4 Å². The first-order chi connectivity index (χ1) is 14.5. The number of rotatable bonds is 6. The van der Waals surface area contributed by atoms with Crippen molar-refractivity contribution in [2.75, 3.05) is 33.3 Å². The first-order valence-electron chi connectivity index (χ1n) is 10.4. The van der Waals surface area contributed by atoms with Crippen LogP contribution in [0, 0.1) is 0 Å². The van der Waals surface area contributed by atoms with E-state index in [4.69, 9.17) is 4.74 Å². The van der Waals surface area contributed by atoms with Crippen LogP contribution in [0.15, 0.2) is 18.2 Å². The summed E-state index contributed by atoms with van der Waals surface area (Å²) in [7, 11) is 1.98. The zero-order valence-electron chi connectivity index (χ0n) is 17.0. The molecule has 4 amide bonds. The molecule has 0 spiro atoms. The summed E-state index contributed by atoms with van der Waals surface area (Å²) in [5, 5.41) is 5.50. The Morgan fingerprint density at radius 1 is 1.10 bits per heavy atom. The van der Waals surface area contributed by atoms with E-state index in [0.29, 0.717) is 18.4 Å². The van der Waals surface area contributed by atoms with E-state index >= 15 is 0 Å². The Morgan fingerprint density at radius 3 is 2.57 bits per heavy atom. The molecule has 9 heteroatoms. The van der Waals surface area contributed by atoms with Crippen LogP contribution in [0.1, 0.15) is 46.4 Å². The van der Waals surface area contributed by atoms with E-state index in [-0.39, 0.29) is 24.0 Å². The van der Waals surface area contributed by atoms with Crippen molar-refractivity contribution in [3.8, 4) is 5.75 Å². The lowest BCUT2D eigenvalue weighted by atomic mass is 10.0. The summed E-state index contributed by atoms with van der Waals surface area (Å²) in [4.78, 5) is 52.7. The lowest BCUT2D eigenvalue weighted by molar-refractivity contribution is -0.136. The second kappa shape index (κ2) is 8.53. The number of nitrogens with zero attached hydrogens (tertiary/aromatic N) is 2. The van der Waals surface area contributed by atoms with Crippen LogP contribution in [-0.4, -0.2) is 78.8 Å². The summed E-state index contributed by atoms with van der Waals surface area (Å²) in [6, 6.07) is 4.49. The van der Waals surface area contributed by atoms with Crippen LogP contribution in [0.2, 0.25) is 0 Å². The molecule has 30 heavy (non-hydrogen) atoms. The van der Waals surface area contributed by atoms with Gasteiger partial charge in [0.25, 0.3) is 11.8 Å². The second-order valence-electron chi connectivity index (χ2n) is 7.88. The van der Waals surface area contributed by atoms with Crippen molar-refractivity contribution in [2.24, 2.45) is 0 Å². The molecule has 0 aromatic heterocycles. The first kappa shape index (κ1) is 20.5. The SMILES string of the molecule is CNC1CCN(CCOc2cccc3c2C(=O)N(C2CCC(=O)NC2=O)C3=O)CC1. The second-order valence-corrected chi connectivity index (χ2v) is 7.88. The molecule has 1 atom stereocenters. The number of fused-ring (bicyclic) bond motifs is 1. The van der Waals surface area contributed by atoms with Crippen molar-refractivity contribution in [1.82, 2.24) is 20.4 Å². The van der Waals surface area contributed by atoms with E-state index in [1.807, 2.05) is 7.05 Å². The van der Waals surface area contributed by atoms with Gasteiger partial charge < -0.3 is 10.1 Å². The van der Waals surface area contributed by atoms with Gasteiger partial charge in [-0.15, -0.1) is 0 Å². The molecule has 2 saturated heterocycles. The highest BCUT2D eigenvalue weighted by Gasteiger charge is 2.46. The molecule has 0 saturated carbocycles. The third kappa shape index (κ3) is 3.82. The third-order valence-corrected chi connectivity index (χ3v) is 6.09. The highest BCUT2D eigenvalue weighted by atomic mass is 16.5. The van der Waals surface area contributed by atoms with Crippen molar-refractivity contribution < 1.29 is 23.9 Å². The molecule has 4 rings (SSSR count). The average Bonchev–Trinajstić information content (AvgIpc) is 3.00. The number of amides is 4. The monoisotopic (exact) mass is 414 g/mol. The van der Waals surface area contributed by atoms with Gasteiger partial charge in [-0.05, 0) is 51.5 Å². The van der Waals surface area contributed by atoms with Gasteiger partial charge in [-0.25, -0.2) is 0 Å². The molecule has 9 nitrogen and oxygen atoms in total. The summed E-state index contributed by atoms with van der Waals surface area (Å²) in [5.74, 6) is -1.73. The minimum Gasteiger partial charge on any atom is -0.491 e. The standard InChI is InChI=1S/C21H26N4O5/c1-22-13-7-9-24(10-8-13)11-12-30-16-4-2-3-14-18(16)21(29)25(20(14)28)15-5-6-17(26)23-19(15)27/h2-4,13,15,22H,5-12H2,1H3,(H,23,26,27). The molecule has 0 bridgehead atoms. The van der Waals surface area contributed by atoms with E-state index in [0.717, 1.165) is 37.4 Å². The van der Waals surface area contributed by atoms with Crippen molar-refractivity contribution >= 4 is 23.6 Å². The average molecular weight is 414 g/mol. The number of hydrogen-bond donors (Lipinski definition) is 2. The quantitative estimate of drug-likeness (QED) is 0.638. The van der Waals surface area contributed by atoms with E-state index in [1.165, 1.54) is 0 Å². The minimum absolute atomic E-state index is 0.0947. The van der Waals surface area contributed by atoms with Gasteiger partial charge >= 0.3 is 0 Å². The Kier molecular flexibility index (Phi) is 5.83. The lowest BCUT2D eigenvalue weighted by Gasteiger charge is -2.31. The van der Waals surface area contributed by atoms with Crippen molar-refractivity contribution in [3.05, 3.63) is 29.3 Å². The van der Waals surface area contributed by atoms with Gasteiger partial charge in [0, 0.05) is 19.0 Å². The van der Waals surface area contributed by atoms with Gasteiger partial charge in [-0.2, -0.15) is 0 Å². The minimum atomic E-state index is -0.976. The van der Waals surface area contributed by atoms with Gasteiger partial charge in [0.1, 0.15) is 18.4 Å². The van der Waals surface area contributed by atoms with Crippen molar-refractivity contribution in [2.45, 2.75) is 37.8 Å². The van der Waals surface area contributed by atoms with Crippen LogP contribution in [0.4, 0.5) is 0 Å². The molecular weight excluding hydrogens is 388 g/mol. The summed E-state index contributed by atoms with van der Waals surface area (Å²) in [6.45, 7) is 3.12. The van der Waals surface area contributed by atoms with E-state index in [1.54, 1.807) is 18.2 Å². The normalized spacial score (nSPS) is 23.0. The van der Waals surface area contributed by atoms with Crippen LogP contribution in [-0.2, 0) is 9.59 Å². The lowest BCUT2D eigenvalue weighted by Crippen LogP contribution is -2.54. The van der Waals surface area contributed by atoms with Gasteiger partial charge in [-0.3, -0.25) is 34.3 Å². The maximum atomic E-state index is 13.0. The molecule has 1 unspecified atom stereocenters. The highest BCUT2D eigenvalue weighted by Crippen LogP contribution is 2.33. The summed E-state index contributed by atoms with van der Waals surface area (Å²) >= 11 is 0. The molecule has 1 aromatic rings. The number of nitrogens with one attached hydrogen (secondary N) is 2. The molecule has 1 aromatic carbocycles. The molecule has 0 radical (unpaired) electrons. The fourth-order valence-corrected chi connectivity index (χ4v) is 4.33. The van der Waals surface area contributed by atoms with Crippen molar-refractivity contribution in [3.63, 3.8) is 0 Å². The number of ether oxygens (including phenoxy) is 1. The molecular formula is C21H26N4O5. The van der Waals surface area contributed by atoms with Gasteiger partial charge in [0.05, 0.1) is 11.1 Å². The van der Waals surface area contributed by atoms with Gasteiger partial charge in [0.15, 0.2) is 0 Å². The Balaban J connectivity index is 1.43. The third-order valence-electron chi connectivity index (χ3n) is 6.09. The Hall–Kier alpha value is -2.78. The molecule has 2 fully saturated rings. The van der Waals surface area contributed by atoms with E-state index in [2.05, 4.69) is 15.5 Å². The molecule has 3 heterocycles. The Bertz CT molecular complexity index is 878. The fraction of sp³-hybridized carbons (Fsp3) is 0.524. The number of hydrogen-bond acceptors (Lipinski definition) is 7. The predicted octanol–water partition coefficient (Wildman–Crippen LogP) is 0.150. The maximum absolute atomic E-state index is 13.0. The van der Waals surface area contributed by atoms with Crippen molar-refractivity contribution in [1.29, 1.82) is 0 Å². The molecule has 2 N–H and O–H groups in total. The van der Waals surface area contributed by atoms with Gasteiger partial charge in [-0.1, -0.05) is 6.07 Å². The number of carbonyl (C=O) groups is 4. The molecule has 0 aliphatic carbocycles. The van der Waals surface area contributed by atoms with Crippen LogP contribution in [0.25, 0.3) is 0 Å². The highest BCUT2D eigenvalue weighted by molar-refractivity contribution is 6.24. The smallest absolute Gasteiger partial charge is 0.266 e. The Morgan fingerprint density at radius 2 is 1.87 bits per heavy atom. The number of piperidine rings is 2. The number of imide groups is 2. The largest absolute Gasteiger partial charge is 0.491 e. The Labute approximate surface area is 174 Å². The molecule has 3 aliphatic heterocycles. The van der Waals surface area contributed by atoms with Gasteiger partial charge in [0.2, 0.25) is 11.8 Å². The maximum Gasteiger partial charge on any atom is 0.266 e. The van der Waals surface area contributed by atoms with Crippen LogP contribution in [0.3, 0.4) is 0 Å². The zero-order valence-corrected chi connectivity index (χ0v) is 17.0. The topological polar surface area (TPSA) is 108 Å². The number of benzene rings is 1. The number of carbonyl (C=O) groups excluding carboxylic acids is 4. The van der Waals surface area contributed by atoms with Crippen LogP contribution >= 0.6 is 0 Å². The van der Waals surface area contributed by atoms with Crippen LogP contribution in [0.5, 0.6) is 5.75 Å². The fourth-order valence-electron chi connectivity index (χ4n) is 4.33. The van der Waals surface area contributed by atoms with E-state index in [9.17, 15) is 19.2 Å². The van der Waals surface area contributed by atoms with E-state index < -0.39 is 29.7 Å². The number of likely N-dealkylation sites (tertiary alicyclic amines) is 1. The summed E-state index contributed by atoms with van der Waals surface area (Å²) in [6.07, 6.45) is 2.41. The molecule has 160 valence electrons. The summed E-state index contributed by atoms with van der Waals surface area (Å²) < 4.78 is 5.89. The predicted molar refractivity (Wildman–Crippen MR) is 107 cm³/mol.